The summed E-state index contributed by atoms with van der Waals surface area (Å²) in [6, 6.07) is 16.2. The Balaban J connectivity index is 2.42. The molecule has 0 aromatic heterocycles. The Morgan fingerprint density at radius 2 is 1.69 bits per heavy atom. The molecule has 1 nitrogen and oxygen atoms in total. The summed E-state index contributed by atoms with van der Waals surface area (Å²) < 4.78 is 0. The second-order valence-corrected chi connectivity index (χ2v) is 4.02. The lowest BCUT2D eigenvalue weighted by molar-refractivity contribution is 1.21. The van der Waals surface area contributed by atoms with Crippen molar-refractivity contribution in [2.24, 2.45) is 0 Å². The lowest BCUT2D eigenvalue weighted by Crippen LogP contribution is -1.98. The molecule has 0 atom stereocenters. The molecular formula is C14H14ClN. The summed E-state index contributed by atoms with van der Waals surface area (Å²) in [7, 11) is 0. The third-order valence-corrected chi connectivity index (χ3v) is 2.70. The molecular weight excluding hydrogens is 218 g/mol. The van der Waals surface area contributed by atoms with Gasteiger partial charge in [-0.05, 0) is 30.7 Å². The van der Waals surface area contributed by atoms with E-state index in [1.54, 1.807) is 0 Å². The Hall–Kier alpha value is -1.47. The van der Waals surface area contributed by atoms with Crippen molar-refractivity contribution < 1.29 is 0 Å². The first-order valence-corrected chi connectivity index (χ1v) is 5.78. The molecule has 82 valence electrons. The molecule has 0 saturated carbocycles. The van der Waals surface area contributed by atoms with Crippen LogP contribution in [0.4, 0.5) is 5.69 Å². The minimum Gasteiger partial charge on any atom is -0.385 e. The van der Waals surface area contributed by atoms with E-state index in [1.165, 1.54) is 11.1 Å². The van der Waals surface area contributed by atoms with Crippen molar-refractivity contribution >= 4 is 17.3 Å². The maximum absolute atomic E-state index is 5.88. The minimum atomic E-state index is 0.768. The third-order valence-electron chi connectivity index (χ3n) is 2.45. The molecule has 0 spiro atoms. The van der Waals surface area contributed by atoms with Crippen molar-refractivity contribution in [2.45, 2.75) is 6.92 Å². The fourth-order valence-corrected chi connectivity index (χ4v) is 1.83. The summed E-state index contributed by atoms with van der Waals surface area (Å²) in [5.41, 5.74) is 3.55. The Bertz CT molecular complexity index is 462. The quantitative estimate of drug-likeness (QED) is 0.824. The van der Waals surface area contributed by atoms with Gasteiger partial charge in [0.05, 0.1) is 0 Å². The summed E-state index contributed by atoms with van der Waals surface area (Å²) in [5.74, 6) is 0. The van der Waals surface area contributed by atoms with Crippen LogP contribution in [0.3, 0.4) is 0 Å². The second-order valence-electron chi connectivity index (χ2n) is 3.58. The highest BCUT2D eigenvalue weighted by molar-refractivity contribution is 6.30. The van der Waals surface area contributed by atoms with E-state index in [9.17, 15) is 0 Å². The van der Waals surface area contributed by atoms with Crippen LogP contribution in [0.25, 0.3) is 11.1 Å². The molecule has 0 saturated heterocycles. The van der Waals surface area contributed by atoms with Crippen molar-refractivity contribution in [2.75, 3.05) is 11.9 Å². The third kappa shape index (κ3) is 2.37. The largest absolute Gasteiger partial charge is 0.385 e. The molecule has 1 N–H and O–H groups in total. The Morgan fingerprint density at radius 3 is 2.38 bits per heavy atom. The predicted octanol–water partition coefficient (Wildman–Crippen LogP) is 4.44. The molecule has 0 aliphatic carbocycles. The van der Waals surface area contributed by atoms with Gasteiger partial charge in [0.2, 0.25) is 0 Å². The average molecular weight is 232 g/mol. The summed E-state index contributed by atoms with van der Waals surface area (Å²) in [6.45, 7) is 3.02. The van der Waals surface area contributed by atoms with Gasteiger partial charge in [-0.1, -0.05) is 41.9 Å². The zero-order valence-electron chi connectivity index (χ0n) is 9.20. The van der Waals surface area contributed by atoms with Crippen molar-refractivity contribution in [3.05, 3.63) is 53.6 Å². The fraction of sp³-hybridized carbons (Fsp3) is 0.143. The highest BCUT2D eigenvalue weighted by atomic mass is 35.5. The smallest absolute Gasteiger partial charge is 0.0419 e. The van der Waals surface area contributed by atoms with Crippen LogP contribution in [0.1, 0.15) is 6.92 Å². The summed E-state index contributed by atoms with van der Waals surface area (Å²) in [4.78, 5) is 0. The number of halogens is 1. The lowest BCUT2D eigenvalue weighted by atomic mass is 10.0. The number of hydrogen-bond donors (Lipinski definition) is 1. The molecule has 2 aromatic rings. The standard InChI is InChI=1S/C14H14ClN/c1-2-16-14-6-4-3-5-13(14)11-7-9-12(15)10-8-11/h3-10,16H,2H2,1H3. The maximum atomic E-state index is 5.88. The summed E-state index contributed by atoms with van der Waals surface area (Å²) >= 11 is 5.88. The Labute approximate surface area is 101 Å². The highest BCUT2D eigenvalue weighted by Gasteiger charge is 2.02. The Morgan fingerprint density at radius 1 is 1.00 bits per heavy atom. The molecule has 0 bridgehead atoms. The van der Waals surface area contributed by atoms with E-state index in [2.05, 4.69) is 24.4 Å². The van der Waals surface area contributed by atoms with Crippen LogP contribution in [0.5, 0.6) is 0 Å². The zero-order valence-corrected chi connectivity index (χ0v) is 9.96. The van der Waals surface area contributed by atoms with E-state index in [1.807, 2.05) is 36.4 Å². The lowest BCUT2D eigenvalue weighted by Gasteiger charge is -2.10. The molecule has 0 radical (unpaired) electrons. The maximum Gasteiger partial charge on any atom is 0.0419 e. The first kappa shape index (κ1) is 11.0. The molecule has 2 aromatic carbocycles. The molecule has 16 heavy (non-hydrogen) atoms. The zero-order chi connectivity index (χ0) is 11.4. The Kier molecular flexibility index (Phi) is 3.47. The molecule has 0 amide bonds. The number of anilines is 1. The van der Waals surface area contributed by atoms with Crippen LogP contribution in [0.15, 0.2) is 48.5 Å². The predicted molar refractivity (Wildman–Crippen MR) is 71.1 cm³/mol. The van der Waals surface area contributed by atoms with Crippen molar-refractivity contribution in [3.8, 4) is 11.1 Å². The van der Waals surface area contributed by atoms with Crippen LogP contribution >= 0.6 is 11.6 Å². The first-order valence-electron chi connectivity index (χ1n) is 5.40. The number of benzene rings is 2. The normalized spacial score (nSPS) is 10.1. The van der Waals surface area contributed by atoms with Gasteiger partial charge in [0.1, 0.15) is 0 Å². The van der Waals surface area contributed by atoms with E-state index >= 15 is 0 Å². The molecule has 2 rings (SSSR count). The van der Waals surface area contributed by atoms with Crippen molar-refractivity contribution in [1.82, 2.24) is 0 Å². The first-order chi connectivity index (χ1) is 7.81. The number of hydrogen-bond acceptors (Lipinski definition) is 1. The monoisotopic (exact) mass is 231 g/mol. The molecule has 0 unspecified atom stereocenters. The molecule has 0 aliphatic rings. The van der Waals surface area contributed by atoms with Gasteiger partial charge in [-0.3, -0.25) is 0 Å². The number of nitrogens with one attached hydrogen (secondary N) is 1. The summed E-state index contributed by atoms with van der Waals surface area (Å²) in [6.07, 6.45) is 0. The van der Waals surface area contributed by atoms with Crippen LogP contribution in [0.2, 0.25) is 5.02 Å². The van der Waals surface area contributed by atoms with Gasteiger partial charge in [0.15, 0.2) is 0 Å². The fourth-order valence-electron chi connectivity index (χ4n) is 1.71. The van der Waals surface area contributed by atoms with E-state index in [0.717, 1.165) is 17.3 Å². The van der Waals surface area contributed by atoms with Gasteiger partial charge in [-0.2, -0.15) is 0 Å². The van der Waals surface area contributed by atoms with Gasteiger partial charge >= 0.3 is 0 Å². The number of para-hydroxylation sites is 1. The van der Waals surface area contributed by atoms with Crippen molar-refractivity contribution in [1.29, 1.82) is 0 Å². The molecule has 0 aliphatic heterocycles. The van der Waals surface area contributed by atoms with Gasteiger partial charge in [-0.15, -0.1) is 0 Å². The van der Waals surface area contributed by atoms with Crippen molar-refractivity contribution in [3.63, 3.8) is 0 Å². The van der Waals surface area contributed by atoms with E-state index in [4.69, 9.17) is 11.6 Å². The number of rotatable bonds is 3. The molecule has 0 heterocycles. The van der Waals surface area contributed by atoms with Crippen LogP contribution in [-0.4, -0.2) is 6.54 Å². The SMILES string of the molecule is CCNc1ccccc1-c1ccc(Cl)cc1. The topological polar surface area (TPSA) is 12.0 Å². The molecule has 2 heteroatoms. The van der Waals surface area contributed by atoms with E-state index in [0.29, 0.717) is 0 Å². The van der Waals surface area contributed by atoms with Gasteiger partial charge in [0, 0.05) is 22.8 Å². The average Bonchev–Trinajstić information content (AvgIpc) is 2.32. The van der Waals surface area contributed by atoms with Crippen LogP contribution in [0, 0.1) is 0 Å². The van der Waals surface area contributed by atoms with E-state index < -0.39 is 0 Å². The van der Waals surface area contributed by atoms with Crippen LogP contribution < -0.4 is 5.32 Å². The van der Waals surface area contributed by atoms with E-state index in [-0.39, 0.29) is 0 Å². The van der Waals surface area contributed by atoms with Gasteiger partial charge in [0.25, 0.3) is 0 Å². The summed E-state index contributed by atoms with van der Waals surface area (Å²) in [5, 5.41) is 4.12. The molecule has 0 fully saturated rings. The van der Waals surface area contributed by atoms with Gasteiger partial charge < -0.3 is 5.32 Å². The highest BCUT2D eigenvalue weighted by Crippen LogP contribution is 2.28. The van der Waals surface area contributed by atoms with Gasteiger partial charge in [-0.25, -0.2) is 0 Å². The van der Waals surface area contributed by atoms with Crippen LogP contribution in [-0.2, 0) is 0 Å². The second kappa shape index (κ2) is 5.04. The minimum absolute atomic E-state index is 0.768.